The number of hydrogen-bond acceptors (Lipinski definition) is 2. The second-order valence-corrected chi connectivity index (χ2v) is 3.67. The van der Waals surface area contributed by atoms with Crippen LogP contribution in [0.3, 0.4) is 0 Å². The minimum atomic E-state index is -0.382. The van der Waals surface area contributed by atoms with Crippen LogP contribution in [0.15, 0.2) is 54.6 Å². The monoisotopic (exact) mass is 218 g/mol. The molecule has 2 rings (SSSR count). The lowest BCUT2D eigenvalue weighted by atomic mass is 9.90. The van der Waals surface area contributed by atoms with Gasteiger partial charge in [0.2, 0.25) is 0 Å². The first-order valence-electron chi connectivity index (χ1n) is 5.30. The summed E-state index contributed by atoms with van der Waals surface area (Å²) in [6.07, 6.45) is 0. The molecular formula is C15H10N2. The molecule has 0 bridgehead atoms. The summed E-state index contributed by atoms with van der Waals surface area (Å²) in [6, 6.07) is 21.1. The lowest BCUT2D eigenvalue weighted by molar-refractivity contribution is 1.03. The molecule has 80 valence electrons. The molecule has 0 aromatic heterocycles. The zero-order valence-electron chi connectivity index (χ0n) is 9.17. The van der Waals surface area contributed by atoms with E-state index in [2.05, 4.69) is 12.1 Å². The summed E-state index contributed by atoms with van der Waals surface area (Å²) in [5.74, 6) is -0.382. The van der Waals surface area contributed by atoms with Crippen molar-refractivity contribution in [2.75, 3.05) is 0 Å². The van der Waals surface area contributed by atoms with Gasteiger partial charge in [0.1, 0.15) is 0 Å². The Morgan fingerprint density at radius 2 is 1.47 bits per heavy atom. The van der Waals surface area contributed by atoms with Crippen LogP contribution in [-0.2, 0) is 0 Å². The molecule has 2 heteroatoms. The maximum absolute atomic E-state index is 9.29. The molecule has 0 aliphatic rings. The lowest BCUT2D eigenvalue weighted by Gasteiger charge is -2.11. The molecule has 0 amide bonds. The van der Waals surface area contributed by atoms with E-state index in [1.807, 2.05) is 48.5 Å². The first-order valence-corrected chi connectivity index (χ1v) is 5.30. The predicted molar refractivity (Wildman–Crippen MR) is 65.1 cm³/mol. The van der Waals surface area contributed by atoms with Crippen LogP contribution in [0.5, 0.6) is 0 Å². The Hall–Kier alpha value is -2.58. The summed E-state index contributed by atoms with van der Waals surface area (Å²) in [5.41, 5.74) is 2.24. The Balaban J connectivity index is 2.52. The van der Waals surface area contributed by atoms with Crippen molar-refractivity contribution in [1.82, 2.24) is 0 Å². The van der Waals surface area contributed by atoms with Gasteiger partial charge in [-0.05, 0) is 17.2 Å². The molecule has 0 heterocycles. The van der Waals surface area contributed by atoms with E-state index < -0.39 is 0 Å². The van der Waals surface area contributed by atoms with Crippen molar-refractivity contribution < 1.29 is 0 Å². The van der Waals surface area contributed by atoms with Crippen LogP contribution < -0.4 is 0 Å². The molecule has 2 aromatic carbocycles. The van der Waals surface area contributed by atoms with Gasteiger partial charge in [-0.2, -0.15) is 10.5 Å². The smallest absolute Gasteiger partial charge is 0.0995 e. The van der Waals surface area contributed by atoms with Crippen LogP contribution in [0.25, 0.3) is 0 Å². The number of rotatable bonds is 2. The molecule has 1 atom stereocenters. The fourth-order valence-electron chi connectivity index (χ4n) is 1.82. The molecule has 1 unspecified atom stereocenters. The molecule has 2 nitrogen and oxygen atoms in total. The molecular weight excluding hydrogens is 208 g/mol. The molecule has 0 fully saturated rings. The minimum absolute atomic E-state index is 0.382. The van der Waals surface area contributed by atoms with Crippen molar-refractivity contribution >= 4 is 0 Å². The first-order chi connectivity index (χ1) is 8.36. The second kappa shape index (κ2) is 4.96. The summed E-state index contributed by atoms with van der Waals surface area (Å²) >= 11 is 0. The van der Waals surface area contributed by atoms with Gasteiger partial charge in [-0.25, -0.2) is 0 Å². The fraction of sp³-hybridized carbons (Fsp3) is 0.0667. The van der Waals surface area contributed by atoms with E-state index in [4.69, 9.17) is 5.26 Å². The van der Waals surface area contributed by atoms with Gasteiger partial charge in [-0.3, -0.25) is 0 Å². The predicted octanol–water partition coefficient (Wildman–Crippen LogP) is 3.21. The topological polar surface area (TPSA) is 47.6 Å². The highest BCUT2D eigenvalue weighted by atomic mass is 14.3. The van der Waals surface area contributed by atoms with E-state index >= 15 is 0 Å². The zero-order valence-corrected chi connectivity index (χ0v) is 9.17. The van der Waals surface area contributed by atoms with Gasteiger partial charge in [0.15, 0.2) is 0 Å². The van der Waals surface area contributed by atoms with Crippen molar-refractivity contribution in [2.24, 2.45) is 0 Å². The van der Waals surface area contributed by atoms with Crippen LogP contribution in [0.4, 0.5) is 0 Å². The van der Waals surface area contributed by atoms with Crippen LogP contribution in [0, 0.1) is 22.7 Å². The third kappa shape index (κ3) is 2.17. The van der Waals surface area contributed by atoms with Crippen molar-refractivity contribution in [3.05, 3.63) is 71.3 Å². The molecule has 2 aromatic rings. The van der Waals surface area contributed by atoms with Gasteiger partial charge < -0.3 is 0 Å². The third-order valence-corrected chi connectivity index (χ3v) is 2.65. The fourth-order valence-corrected chi connectivity index (χ4v) is 1.82. The number of nitrogens with zero attached hydrogens (tertiary/aromatic N) is 2. The highest BCUT2D eigenvalue weighted by molar-refractivity contribution is 5.47. The van der Waals surface area contributed by atoms with Crippen molar-refractivity contribution in [2.45, 2.75) is 5.92 Å². The normalized spacial score (nSPS) is 11.2. The molecule has 0 N–H and O–H groups in total. The standard InChI is InChI=1S/C15H10N2/c16-10-13-8-4-5-9-14(13)15(11-17)12-6-2-1-3-7-12/h1-9,15H. The van der Waals surface area contributed by atoms with Gasteiger partial charge in [-0.15, -0.1) is 0 Å². The van der Waals surface area contributed by atoms with Crippen molar-refractivity contribution in [3.63, 3.8) is 0 Å². The van der Waals surface area contributed by atoms with Crippen LogP contribution in [0.1, 0.15) is 22.6 Å². The van der Waals surface area contributed by atoms with E-state index in [0.717, 1.165) is 11.1 Å². The Morgan fingerprint density at radius 3 is 2.12 bits per heavy atom. The molecule has 0 spiro atoms. The number of nitriles is 2. The van der Waals surface area contributed by atoms with E-state index in [1.165, 1.54) is 0 Å². The highest BCUT2D eigenvalue weighted by Gasteiger charge is 2.15. The lowest BCUT2D eigenvalue weighted by Crippen LogP contribution is -2.00. The SMILES string of the molecule is N#Cc1ccccc1C(C#N)c1ccccc1. The van der Waals surface area contributed by atoms with Gasteiger partial charge in [0.05, 0.1) is 23.6 Å². The Morgan fingerprint density at radius 1 is 0.824 bits per heavy atom. The minimum Gasteiger partial charge on any atom is -0.197 e. The Kier molecular flexibility index (Phi) is 3.19. The van der Waals surface area contributed by atoms with E-state index in [9.17, 15) is 5.26 Å². The van der Waals surface area contributed by atoms with Crippen LogP contribution in [0.2, 0.25) is 0 Å². The number of hydrogen-bond donors (Lipinski definition) is 0. The van der Waals surface area contributed by atoms with Gasteiger partial charge in [0, 0.05) is 0 Å². The Labute approximate surface area is 100 Å². The maximum Gasteiger partial charge on any atom is 0.0995 e. The molecule has 0 saturated heterocycles. The Bertz CT molecular complexity index is 588. The first kappa shape index (κ1) is 10.9. The van der Waals surface area contributed by atoms with Gasteiger partial charge >= 0.3 is 0 Å². The van der Waals surface area contributed by atoms with Crippen molar-refractivity contribution in [3.8, 4) is 12.1 Å². The van der Waals surface area contributed by atoms with Gasteiger partial charge in [0.25, 0.3) is 0 Å². The largest absolute Gasteiger partial charge is 0.197 e. The number of benzene rings is 2. The van der Waals surface area contributed by atoms with Crippen LogP contribution in [-0.4, -0.2) is 0 Å². The van der Waals surface area contributed by atoms with Crippen LogP contribution >= 0.6 is 0 Å². The van der Waals surface area contributed by atoms with Gasteiger partial charge in [-0.1, -0.05) is 48.5 Å². The second-order valence-electron chi connectivity index (χ2n) is 3.67. The van der Waals surface area contributed by atoms with E-state index in [-0.39, 0.29) is 5.92 Å². The summed E-state index contributed by atoms with van der Waals surface area (Å²) in [4.78, 5) is 0. The highest BCUT2D eigenvalue weighted by Crippen LogP contribution is 2.26. The van der Waals surface area contributed by atoms with E-state index in [0.29, 0.717) is 5.56 Å². The summed E-state index contributed by atoms with van der Waals surface area (Å²) in [7, 11) is 0. The third-order valence-electron chi connectivity index (χ3n) is 2.65. The zero-order chi connectivity index (χ0) is 12.1. The summed E-state index contributed by atoms with van der Waals surface area (Å²) in [6.45, 7) is 0. The molecule has 0 aliphatic heterocycles. The average molecular weight is 218 g/mol. The summed E-state index contributed by atoms with van der Waals surface area (Å²) in [5, 5.41) is 18.3. The molecule has 0 radical (unpaired) electrons. The van der Waals surface area contributed by atoms with Crippen molar-refractivity contribution in [1.29, 1.82) is 10.5 Å². The van der Waals surface area contributed by atoms with E-state index in [1.54, 1.807) is 6.07 Å². The maximum atomic E-state index is 9.29. The summed E-state index contributed by atoms with van der Waals surface area (Å²) < 4.78 is 0. The quantitative estimate of drug-likeness (QED) is 0.777. The molecule has 0 aliphatic carbocycles. The molecule has 0 saturated carbocycles. The average Bonchev–Trinajstić information content (AvgIpc) is 2.41. The molecule has 17 heavy (non-hydrogen) atoms.